The van der Waals surface area contributed by atoms with Crippen molar-refractivity contribution in [1.82, 2.24) is 5.32 Å². The van der Waals surface area contributed by atoms with Gasteiger partial charge < -0.3 is 10.4 Å². The molecule has 0 spiro atoms. The molecule has 1 saturated heterocycles. The van der Waals surface area contributed by atoms with E-state index in [0.717, 1.165) is 18.5 Å². The second kappa shape index (κ2) is 4.01. The summed E-state index contributed by atoms with van der Waals surface area (Å²) in [6.45, 7) is 3.06. The van der Waals surface area contributed by atoms with E-state index in [9.17, 15) is 5.11 Å². The highest BCUT2D eigenvalue weighted by Gasteiger charge is 2.14. The molecule has 1 aromatic carbocycles. The topological polar surface area (TPSA) is 32.3 Å². The van der Waals surface area contributed by atoms with Crippen molar-refractivity contribution >= 4 is 0 Å². The Kier molecular flexibility index (Phi) is 2.73. The standard InChI is InChI=1S/C12H17NO/c1-9-4-5-10(8-12(9)14)7-11-3-2-6-13-11/h4-5,8,11,13-14H,2-3,6-7H2,1H3. The van der Waals surface area contributed by atoms with Crippen LogP contribution in [0.15, 0.2) is 18.2 Å². The summed E-state index contributed by atoms with van der Waals surface area (Å²) in [5.74, 6) is 0.417. The van der Waals surface area contributed by atoms with E-state index >= 15 is 0 Å². The Morgan fingerprint density at radius 1 is 1.50 bits per heavy atom. The molecule has 0 radical (unpaired) electrons. The van der Waals surface area contributed by atoms with Crippen LogP contribution in [0.5, 0.6) is 5.75 Å². The molecule has 1 aliphatic heterocycles. The minimum absolute atomic E-state index is 0.417. The van der Waals surface area contributed by atoms with Gasteiger partial charge in [-0.05, 0) is 49.9 Å². The van der Waals surface area contributed by atoms with Crippen molar-refractivity contribution in [2.45, 2.75) is 32.2 Å². The van der Waals surface area contributed by atoms with Gasteiger partial charge in [-0.15, -0.1) is 0 Å². The number of nitrogens with one attached hydrogen (secondary N) is 1. The predicted molar refractivity (Wildman–Crippen MR) is 57.6 cm³/mol. The van der Waals surface area contributed by atoms with E-state index < -0.39 is 0 Å². The second-order valence-electron chi connectivity index (χ2n) is 4.12. The monoisotopic (exact) mass is 191 g/mol. The van der Waals surface area contributed by atoms with Gasteiger partial charge in [0.25, 0.3) is 0 Å². The Morgan fingerprint density at radius 2 is 2.36 bits per heavy atom. The van der Waals surface area contributed by atoms with Gasteiger partial charge in [-0.3, -0.25) is 0 Å². The molecule has 14 heavy (non-hydrogen) atoms. The Hall–Kier alpha value is -1.02. The van der Waals surface area contributed by atoms with Crippen LogP contribution in [-0.4, -0.2) is 17.7 Å². The first kappa shape index (κ1) is 9.53. The fraction of sp³-hybridized carbons (Fsp3) is 0.500. The summed E-state index contributed by atoms with van der Waals surface area (Å²) in [5.41, 5.74) is 2.18. The summed E-state index contributed by atoms with van der Waals surface area (Å²) in [6.07, 6.45) is 3.57. The van der Waals surface area contributed by atoms with Gasteiger partial charge in [0.05, 0.1) is 0 Å². The maximum atomic E-state index is 9.55. The van der Waals surface area contributed by atoms with Crippen LogP contribution in [-0.2, 0) is 6.42 Å². The molecule has 2 rings (SSSR count). The fourth-order valence-corrected chi connectivity index (χ4v) is 2.00. The molecular weight excluding hydrogens is 174 g/mol. The first-order valence-electron chi connectivity index (χ1n) is 5.27. The average Bonchev–Trinajstić information content (AvgIpc) is 2.64. The summed E-state index contributed by atoms with van der Waals surface area (Å²) in [7, 11) is 0. The van der Waals surface area contributed by atoms with Gasteiger partial charge >= 0.3 is 0 Å². The molecule has 76 valence electrons. The Labute approximate surface area is 85.0 Å². The summed E-state index contributed by atoms with van der Waals surface area (Å²) in [4.78, 5) is 0. The van der Waals surface area contributed by atoms with E-state index in [2.05, 4.69) is 11.4 Å². The third kappa shape index (κ3) is 2.07. The number of aromatic hydroxyl groups is 1. The molecule has 1 aliphatic rings. The first-order valence-corrected chi connectivity index (χ1v) is 5.27. The van der Waals surface area contributed by atoms with E-state index in [-0.39, 0.29) is 0 Å². The summed E-state index contributed by atoms with van der Waals surface area (Å²) < 4.78 is 0. The van der Waals surface area contributed by atoms with Crippen molar-refractivity contribution in [1.29, 1.82) is 0 Å². The maximum Gasteiger partial charge on any atom is 0.118 e. The normalized spacial score (nSPS) is 21.4. The zero-order valence-corrected chi connectivity index (χ0v) is 8.59. The van der Waals surface area contributed by atoms with Crippen molar-refractivity contribution in [2.24, 2.45) is 0 Å². The quantitative estimate of drug-likeness (QED) is 0.749. The Bertz CT molecular complexity index is 316. The SMILES string of the molecule is Cc1ccc(CC2CCCN2)cc1O. The lowest BCUT2D eigenvalue weighted by molar-refractivity contribution is 0.469. The largest absolute Gasteiger partial charge is 0.508 e. The van der Waals surface area contributed by atoms with Crippen LogP contribution in [0.25, 0.3) is 0 Å². The smallest absolute Gasteiger partial charge is 0.118 e. The fourth-order valence-electron chi connectivity index (χ4n) is 2.00. The molecule has 2 nitrogen and oxygen atoms in total. The van der Waals surface area contributed by atoms with Crippen LogP contribution in [0.1, 0.15) is 24.0 Å². The zero-order valence-electron chi connectivity index (χ0n) is 8.59. The van der Waals surface area contributed by atoms with Gasteiger partial charge in [0, 0.05) is 6.04 Å². The number of phenols is 1. The molecule has 0 amide bonds. The lowest BCUT2D eigenvalue weighted by Crippen LogP contribution is -2.23. The van der Waals surface area contributed by atoms with Crippen molar-refractivity contribution < 1.29 is 5.11 Å². The van der Waals surface area contributed by atoms with Crippen LogP contribution in [0, 0.1) is 6.92 Å². The number of aryl methyl sites for hydroxylation is 1. The molecular formula is C12H17NO. The molecule has 1 atom stereocenters. The highest BCUT2D eigenvalue weighted by Crippen LogP contribution is 2.20. The van der Waals surface area contributed by atoms with Crippen LogP contribution < -0.4 is 5.32 Å². The molecule has 0 aliphatic carbocycles. The highest BCUT2D eigenvalue weighted by atomic mass is 16.3. The van der Waals surface area contributed by atoms with Crippen molar-refractivity contribution in [3.8, 4) is 5.75 Å². The number of hydrogen-bond donors (Lipinski definition) is 2. The van der Waals surface area contributed by atoms with Gasteiger partial charge in [0.15, 0.2) is 0 Å². The molecule has 2 heteroatoms. The average molecular weight is 191 g/mol. The lowest BCUT2D eigenvalue weighted by atomic mass is 10.0. The minimum Gasteiger partial charge on any atom is -0.508 e. The van der Waals surface area contributed by atoms with Crippen molar-refractivity contribution in [3.05, 3.63) is 29.3 Å². The number of benzene rings is 1. The summed E-state index contributed by atoms with van der Waals surface area (Å²) in [5, 5.41) is 13.0. The van der Waals surface area contributed by atoms with Gasteiger partial charge in [0.1, 0.15) is 5.75 Å². The van der Waals surface area contributed by atoms with Crippen LogP contribution in [0.3, 0.4) is 0 Å². The number of hydrogen-bond acceptors (Lipinski definition) is 2. The van der Waals surface area contributed by atoms with Crippen LogP contribution >= 0.6 is 0 Å². The van der Waals surface area contributed by atoms with Crippen molar-refractivity contribution in [2.75, 3.05) is 6.54 Å². The Balaban J connectivity index is 2.05. The highest BCUT2D eigenvalue weighted by molar-refractivity contribution is 5.35. The van der Waals surface area contributed by atoms with Crippen LogP contribution in [0.4, 0.5) is 0 Å². The van der Waals surface area contributed by atoms with Crippen LogP contribution in [0.2, 0.25) is 0 Å². The Morgan fingerprint density at radius 3 is 3.00 bits per heavy atom. The molecule has 1 unspecified atom stereocenters. The summed E-state index contributed by atoms with van der Waals surface area (Å²) >= 11 is 0. The van der Waals surface area contributed by atoms with Gasteiger partial charge in [-0.2, -0.15) is 0 Å². The predicted octanol–water partition coefficient (Wildman–Crippen LogP) is 2.00. The number of rotatable bonds is 2. The maximum absolute atomic E-state index is 9.55. The molecule has 2 N–H and O–H groups in total. The van der Waals surface area contributed by atoms with E-state index in [1.807, 2.05) is 19.1 Å². The zero-order chi connectivity index (χ0) is 9.97. The van der Waals surface area contributed by atoms with E-state index in [4.69, 9.17) is 0 Å². The molecule has 0 saturated carbocycles. The molecule has 1 fully saturated rings. The van der Waals surface area contributed by atoms with Crippen molar-refractivity contribution in [3.63, 3.8) is 0 Å². The molecule has 0 bridgehead atoms. The van der Waals surface area contributed by atoms with E-state index in [0.29, 0.717) is 11.8 Å². The van der Waals surface area contributed by atoms with Gasteiger partial charge in [0.2, 0.25) is 0 Å². The molecule has 1 heterocycles. The third-order valence-corrected chi connectivity index (χ3v) is 2.92. The molecule has 1 aromatic rings. The first-order chi connectivity index (χ1) is 6.75. The van der Waals surface area contributed by atoms with E-state index in [1.165, 1.54) is 18.4 Å². The number of phenolic OH excluding ortho intramolecular Hbond substituents is 1. The minimum atomic E-state index is 0.417. The summed E-state index contributed by atoms with van der Waals surface area (Å²) in [6, 6.07) is 6.58. The van der Waals surface area contributed by atoms with Gasteiger partial charge in [-0.25, -0.2) is 0 Å². The second-order valence-corrected chi connectivity index (χ2v) is 4.12. The lowest BCUT2D eigenvalue weighted by Gasteiger charge is -2.10. The van der Waals surface area contributed by atoms with Gasteiger partial charge in [-0.1, -0.05) is 12.1 Å². The molecule has 0 aromatic heterocycles. The third-order valence-electron chi connectivity index (χ3n) is 2.92. The van der Waals surface area contributed by atoms with E-state index in [1.54, 1.807) is 0 Å².